The molecular weight excluding hydrogens is 331 g/mol. The maximum atomic E-state index is 12.7. The largest absolute Gasteiger partial charge is 0.399 e. The zero-order valence-corrected chi connectivity index (χ0v) is 13.8. The number of anilines is 2. The Labute approximate surface area is 134 Å². The summed E-state index contributed by atoms with van der Waals surface area (Å²) in [5, 5.41) is -0.000920. The van der Waals surface area contributed by atoms with E-state index in [2.05, 4.69) is 0 Å². The zero-order valence-electron chi connectivity index (χ0n) is 11.5. The van der Waals surface area contributed by atoms with Gasteiger partial charge in [0, 0.05) is 12.7 Å². The monoisotopic (exact) mass is 344 g/mol. The third kappa shape index (κ3) is 3.10. The fraction of sp³-hybridized carbons (Fsp3) is 0.143. The minimum atomic E-state index is -3.87. The summed E-state index contributed by atoms with van der Waals surface area (Å²) in [7, 11) is -2.42. The lowest BCUT2D eigenvalue weighted by atomic mass is 10.2. The Kier molecular flexibility index (Phi) is 4.37. The Hall–Kier alpha value is -1.43. The number of nitrogens with zero attached hydrogens (tertiary/aromatic N) is 1. The number of nitrogen functional groups attached to an aromatic ring is 1. The number of hydrogen-bond donors (Lipinski definition) is 1. The normalized spacial score (nSPS) is 11.4. The fourth-order valence-electron chi connectivity index (χ4n) is 1.93. The van der Waals surface area contributed by atoms with Crippen molar-refractivity contribution in [1.29, 1.82) is 0 Å². The standard InChI is InChI=1S/C14H14Cl2N2O2S/c1-9-4-3-5-11(6-9)18(2)21(19,20)14-12(15)7-10(17)8-13(14)16/h3-8H,17H2,1-2H3. The minimum absolute atomic E-state index is 0.000460. The Bertz CT molecular complexity index is 768. The summed E-state index contributed by atoms with van der Waals surface area (Å²) in [6.45, 7) is 1.88. The summed E-state index contributed by atoms with van der Waals surface area (Å²) in [4.78, 5) is -0.149. The second-order valence-electron chi connectivity index (χ2n) is 4.63. The summed E-state index contributed by atoms with van der Waals surface area (Å²) in [6.07, 6.45) is 0. The van der Waals surface area contributed by atoms with Gasteiger partial charge in [0.05, 0.1) is 15.7 Å². The molecule has 0 aliphatic heterocycles. The molecule has 0 aliphatic rings. The molecule has 0 radical (unpaired) electrons. The van der Waals surface area contributed by atoms with Crippen LogP contribution in [0.3, 0.4) is 0 Å². The maximum absolute atomic E-state index is 12.7. The lowest BCUT2D eigenvalue weighted by Gasteiger charge is -2.21. The van der Waals surface area contributed by atoms with Gasteiger partial charge in [-0.3, -0.25) is 4.31 Å². The average Bonchev–Trinajstić information content (AvgIpc) is 2.36. The van der Waals surface area contributed by atoms with Crippen molar-refractivity contribution in [3.63, 3.8) is 0 Å². The Balaban J connectivity index is 2.57. The van der Waals surface area contributed by atoms with E-state index in [9.17, 15) is 8.42 Å². The molecule has 0 unspecified atom stereocenters. The van der Waals surface area contributed by atoms with Gasteiger partial charge in [0.1, 0.15) is 4.90 Å². The van der Waals surface area contributed by atoms with E-state index in [1.54, 1.807) is 18.2 Å². The first-order chi connectivity index (χ1) is 9.73. The van der Waals surface area contributed by atoms with Crippen molar-refractivity contribution in [2.45, 2.75) is 11.8 Å². The number of rotatable bonds is 3. The highest BCUT2D eigenvalue weighted by molar-refractivity contribution is 7.93. The van der Waals surface area contributed by atoms with E-state index in [0.717, 1.165) is 9.87 Å². The van der Waals surface area contributed by atoms with Crippen LogP contribution in [-0.4, -0.2) is 15.5 Å². The van der Waals surface area contributed by atoms with Crippen molar-refractivity contribution < 1.29 is 8.42 Å². The third-order valence-electron chi connectivity index (χ3n) is 3.00. The number of nitrogens with two attached hydrogens (primary N) is 1. The van der Waals surface area contributed by atoms with E-state index < -0.39 is 10.0 Å². The van der Waals surface area contributed by atoms with Gasteiger partial charge in [0.2, 0.25) is 0 Å². The molecule has 112 valence electrons. The first kappa shape index (κ1) is 15.9. The van der Waals surface area contributed by atoms with Crippen LogP contribution in [0.15, 0.2) is 41.3 Å². The maximum Gasteiger partial charge on any atom is 0.267 e. The van der Waals surface area contributed by atoms with E-state index in [4.69, 9.17) is 28.9 Å². The number of aryl methyl sites for hydroxylation is 1. The predicted molar refractivity (Wildman–Crippen MR) is 87.6 cm³/mol. The van der Waals surface area contributed by atoms with Crippen LogP contribution in [0.4, 0.5) is 11.4 Å². The molecule has 4 nitrogen and oxygen atoms in total. The van der Waals surface area contributed by atoms with Gasteiger partial charge in [-0.15, -0.1) is 0 Å². The minimum Gasteiger partial charge on any atom is -0.399 e. The highest BCUT2D eigenvalue weighted by Gasteiger charge is 2.27. The molecule has 0 amide bonds. The Morgan fingerprint density at radius 1 is 1.10 bits per heavy atom. The van der Waals surface area contributed by atoms with Gasteiger partial charge in [-0.1, -0.05) is 35.3 Å². The summed E-state index contributed by atoms with van der Waals surface area (Å²) < 4.78 is 26.6. The van der Waals surface area contributed by atoms with Crippen molar-refractivity contribution in [3.8, 4) is 0 Å². The summed E-state index contributed by atoms with van der Waals surface area (Å²) in [6, 6.07) is 9.85. The van der Waals surface area contributed by atoms with Gasteiger partial charge in [-0.05, 0) is 36.8 Å². The summed E-state index contributed by atoms with van der Waals surface area (Å²) in [5.41, 5.74) is 7.38. The molecule has 0 aromatic heterocycles. The van der Waals surface area contributed by atoms with Crippen molar-refractivity contribution in [2.24, 2.45) is 0 Å². The molecule has 7 heteroatoms. The van der Waals surface area contributed by atoms with Gasteiger partial charge >= 0.3 is 0 Å². The zero-order chi connectivity index (χ0) is 15.8. The second kappa shape index (κ2) is 5.75. The third-order valence-corrected chi connectivity index (χ3v) is 5.71. The molecule has 21 heavy (non-hydrogen) atoms. The van der Waals surface area contributed by atoms with Gasteiger partial charge in [-0.25, -0.2) is 8.42 Å². The number of sulfonamides is 1. The van der Waals surface area contributed by atoms with Gasteiger partial charge in [0.15, 0.2) is 0 Å². The highest BCUT2D eigenvalue weighted by atomic mass is 35.5. The predicted octanol–water partition coefficient (Wildman–Crippen LogP) is 3.71. The van der Waals surface area contributed by atoms with E-state index in [-0.39, 0.29) is 14.9 Å². The van der Waals surface area contributed by atoms with Crippen LogP contribution in [0.25, 0.3) is 0 Å². The molecule has 0 saturated carbocycles. The molecule has 0 heterocycles. The van der Waals surface area contributed by atoms with Crippen LogP contribution in [0.5, 0.6) is 0 Å². The van der Waals surface area contributed by atoms with Crippen molar-refractivity contribution in [1.82, 2.24) is 0 Å². The quantitative estimate of drug-likeness (QED) is 0.863. The molecule has 2 rings (SSSR count). The smallest absolute Gasteiger partial charge is 0.267 e. The van der Waals surface area contributed by atoms with Crippen LogP contribution < -0.4 is 10.0 Å². The molecule has 0 fully saturated rings. The molecule has 2 aromatic rings. The first-order valence-electron chi connectivity index (χ1n) is 6.03. The molecule has 0 aliphatic carbocycles. The lowest BCUT2D eigenvalue weighted by Crippen LogP contribution is -2.27. The number of halogens is 2. The molecule has 0 bridgehead atoms. The molecule has 2 aromatic carbocycles. The molecule has 0 atom stereocenters. The van der Waals surface area contributed by atoms with Crippen molar-refractivity contribution >= 4 is 44.6 Å². The van der Waals surface area contributed by atoms with Crippen LogP contribution >= 0.6 is 23.2 Å². The second-order valence-corrected chi connectivity index (χ2v) is 7.35. The SMILES string of the molecule is Cc1cccc(N(C)S(=O)(=O)c2c(Cl)cc(N)cc2Cl)c1. The van der Waals surface area contributed by atoms with Crippen LogP contribution in [-0.2, 0) is 10.0 Å². The summed E-state index contributed by atoms with van der Waals surface area (Å²) in [5.74, 6) is 0. The van der Waals surface area contributed by atoms with E-state index in [0.29, 0.717) is 11.4 Å². The first-order valence-corrected chi connectivity index (χ1v) is 8.23. The fourth-order valence-corrected chi connectivity index (χ4v) is 4.29. The van der Waals surface area contributed by atoms with Gasteiger partial charge in [-0.2, -0.15) is 0 Å². The number of hydrogen-bond acceptors (Lipinski definition) is 3. The topological polar surface area (TPSA) is 63.4 Å². The molecule has 0 spiro atoms. The lowest BCUT2D eigenvalue weighted by molar-refractivity contribution is 0.594. The van der Waals surface area contributed by atoms with Crippen LogP contribution in [0, 0.1) is 6.92 Å². The molecule has 0 saturated heterocycles. The van der Waals surface area contributed by atoms with Crippen LogP contribution in [0.1, 0.15) is 5.56 Å². The van der Waals surface area contributed by atoms with Gasteiger partial charge in [0.25, 0.3) is 10.0 Å². The molecule has 2 N–H and O–H groups in total. The van der Waals surface area contributed by atoms with Gasteiger partial charge < -0.3 is 5.73 Å². The van der Waals surface area contributed by atoms with E-state index in [1.165, 1.54) is 19.2 Å². The van der Waals surface area contributed by atoms with Crippen molar-refractivity contribution in [2.75, 3.05) is 17.1 Å². The van der Waals surface area contributed by atoms with E-state index >= 15 is 0 Å². The average molecular weight is 345 g/mol. The summed E-state index contributed by atoms with van der Waals surface area (Å²) >= 11 is 12.0. The Morgan fingerprint density at radius 2 is 1.67 bits per heavy atom. The highest BCUT2D eigenvalue weighted by Crippen LogP contribution is 2.35. The van der Waals surface area contributed by atoms with Crippen LogP contribution in [0.2, 0.25) is 10.0 Å². The number of benzene rings is 2. The van der Waals surface area contributed by atoms with Crippen molar-refractivity contribution in [3.05, 3.63) is 52.0 Å². The Morgan fingerprint density at radius 3 is 2.19 bits per heavy atom. The van der Waals surface area contributed by atoms with E-state index in [1.807, 2.05) is 13.0 Å². The molecular formula is C14H14Cl2N2O2S.